The molecule has 3 heteroatoms. The topological polar surface area (TPSA) is 27.7 Å². The van der Waals surface area contributed by atoms with Gasteiger partial charge in [-0.3, -0.25) is 0 Å². The molecule has 0 amide bonds. The lowest BCUT2D eigenvalue weighted by molar-refractivity contribution is -0.440. The van der Waals surface area contributed by atoms with Crippen LogP contribution < -0.4 is 0 Å². The minimum atomic E-state index is -0.945. The van der Waals surface area contributed by atoms with Gasteiger partial charge in [0.15, 0.2) is 0 Å². The molecule has 0 aliphatic carbocycles. The van der Waals surface area contributed by atoms with Gasteiger partial charge in [-0.2, -0.15) is 0 Å². The molecule has 0 atom stereocenters. The molecule has 0 unspecified atom stereocenters. The fourth-order valence-electron chi connectivity index (χ4n) is 4.52. The van der Waals surface area contributed by atoms with Crippen LogP contribution >= 0.6 is 0 Å². The summed E-state index contributed by atoms with van der Waals surface area (Å²) in [7, 11) is 0. The van der Waals surface area contributed by atoms with E-state index in [9.17, 15) is 0 Å². The van der Waals surface area contributed by atoms with Gasteiger partial charge in [0.2, 0.25) is 0 Å². The van der Waals surface area contributed by atoms with Gasteiger partial charge in [0.05, 0.1) is 25.2 Å². The molecule has 0 heterocycles. The summed E-state index contributed by atoms with van der Waals surface area (Å²) in [4.78, 5) is 0. The van der Waals surface area contributed by atoms with Crippen LogP contribution in [0.5, 0.6) is 0 Å². The third kappa shape index (κ3) is 13.5. The van der Waals surface area contributed by atoms with Crippen molar-refractivity contribution < 1.29 is 14.2 Å². The number of unbranched alkanes of at least 4 members (excludes halogenated alkanes) is 7. The van der Waals surface area contributed by atoms with Gasteiger partial charge in [0.1, 0.15) is 0 Å². The Morgan fingerprint density at radius 2 is 0.788 bits per heavy atom. The van der Waals surface area contributed by atoms with E-state index < -0.39 is 5.97 Å². The van der Waals surface area contributed by atoms with E-state index in [1.165, 1.54) is 64.2 Å². The van der Waals surface area contributed by atoms with E-state index in [0.29, 0.717) is 37.6 Å². The molecule has 0 saturated carbocycles. The Labute approximate surface area is 209 Å². The van der Waals surface area contributed by atoms with Crippen LogP contribution in [0, 0.1) is 23.2 Å². The van der Waals surface area contributed by atoms with Crippen LogP contribution in [0.25, 0.3) is 0 Å². The van der Waals surface area contributed by atoms with E-state index in [4.69, 9.17) is 14.2 Å². The Bertz CT molecular complexity index is 391. The van der Waals surface area contributed by atoms with E-state index in [2.05, 4.69) is 62.3 Å². The summed E-state index contributed by atoms with van der Waals surface area (Å²) in [5.74, 6) is 0.385. The Balaban J connectivity index is 6.15. The van der Waals surface area contributed by atoms with Crippen LogP contribution in [0.1, 0.15) is 146 Å². The summed E-state index contributed by atoms with van der Waals surface area (Å²) in [6.07, 6.45) is 16.0. The molecule has 0 saturated heterocycles. The van der Waals surface area contributed by atoms with Crippen molar-refractivity contribution in [1.82, 2.24) is 0 Å². The Morgan fingerprint density at radius 1 is 0.455 bits per heavy atom. The maximum Gasteiger partial charge on any atom is 0.288 e. The van der Waals surface area contributed by atoms with Crippen molar-refractivity contribution in [3.63, 3.8) is 0 Å². The summed E-state index contributed by atoms with van der Waals surface area (Å²) in [5, 5.41) is 0. The predicted octanol–water partition coefficient (Wildman–Crippen LogP) is 9.78. The fraction of sp³-hybridized carbons (Fsp3) is 1.00. The Kier molecular flexibility index (Phi) is 19.0. The largest absolute Gasteiger partial charge is 0.327 e. The van der Waals surface area contributed by atoms with Gasteiger partial charge < -0.3 is 14.2 Å². The lowest BCUT2D eigenvalue weighted by Gasteiger charge is -2.50. The van der Waals surface area contributed by atoms with Gasteiger partial charge in [0, 0.05) is 0 Å². The van der Waals surface area contributed by atoms with Gasteiger partial charge in [-0.1, -0.05) is 127 Å². The van der Waals surface area contributed by atoms with Gasteiger partial charge in [0.25, 0.3) is 5.97 Å². The zero-order valence-electron chi connectivity index (χ0n) is 24.3. The summed E-state index contributed by atoms with van der Waals surface area (Å²) in [6, 6.07) is 0. The highest BCUT2D eigenvalue weighted by Crippen LogP contribution is 2.50. The first-order valence-electron chi connectivity index (χ1n) is 14.6. The van der Waals surface area contributed by atoms with Crippen molar-refractivity contribution >= 4 is 0 Å². The monoisotopic (exact) mass is 470 g/mol. The summed E-state index contributed by atoms with van der Waals surface area (Å²) < 4.78 is 20.4. The Morgan fingerprint density at radius 3 is 1.15 bits per heavy atom. The minimum absolute atomic E-state index is 0.0948. The molecular formula is C30H62O3. The highest BCUT2D eigenvalue weighted by Gasteiger charge is 2.54. The highest BCUT2D eigenvalue weighted by molar-refractivity contribution is 4.90. The average molecular weight is 471 g/mol. The third-order valence-electron chi connectivity index (χ3n) is 6.50. The van der Waals surface area contributed by atoms with Crippen LogP contribution in [0.2, 0.25) is 0 Å². The second-order valence-corrected chi connectivity index (χ2v) is 11.7. The van der Waals surface area contributed by atoms with E-state index in [-0.39, 0.29) is 5.41 Å². The SMILES string of the molecule is CCCCCCCCC(CCCC)(CCCC)C(OCC(C)C)(OCC(C)C)OCC(C)C. The maximum absolute atomic E-state index is 6.80. The standard InChI is InChI=1S/C30H62O3/c1-10-13-16-17-18-19-22-29(20-14-11-2,21-15-12-3)30(31-23-26(4)5,32-24-27(6)7)33-25-28(8)9/h26-28H,10-25H2,1-9H3. The normalized spacial score (nSPS) is 13.1. The van der Waals surface area contributed by atoms with Crippen LogP contribution in [-0.4, -0.2) is 25.8 Å². The Hall–Kier alpha value is -0.120. The number of hydrogen-bond donors (Lipinski definition) is 0. The van der Waals surface area contributed by atoms with E-state index in [0.717, 1.165) is 19.3 Å². The molecule has 0 aromatic carbocycles. The first kappa shape index (κ1) is 32.9. The maximum atomic E-state index is 6.80. The number of rotatable bonds is 23. The molecule has 0 rings (SSSR count). The molecule has 0 radical (unpaired) electrons. The van der Waals surface area contributed by atoms with Gasteiger partial charge in [-0.25, -0.2) is 0 Å². The van der Waals surface area contributed by atoms with Crippen molar-refractivity contribution in [2.75, 3.05) is 19.8 Å². The van der Waals surface area contributed by atoms with Gasteiger partial charge >= 0.3 is 0 Å². The second-order valence-electron chi connectivity index (χ2n) is 11.7. The van der Waals surface area contributed by atoms with Gasteiger partial charge in [-0.15, -0.1) is 0 Å². The molecule has 0 fully saturated rings. The van der Waals surface area contributed by atoms with Crippen molar-refractivity contribution in [3.8, 4) is 0 Å². The molecule has 200 valence electrons. The smallest absolute Gasteiger partial charge is 0.288 e. The second kappa shape index (κ2) is 19.1. The summed E-state index contributed by atoms with van der Waals surface area (Å²) in [6.45, 7) is 22.3. The third-order valence-corrected chi connectivity index (χ3v) is 6.50. The molecule has 0 N–H and O–H groups in total. The van der Waals surface area contributed by atoms with Crippen LogP contribution in [0.3, 0.4) is 0 Å². The summed E-state index contributed by atoms with van der Waals surface area (Å²) >= 11 is 0. The van der Waals surface area contributed by atoms with Crippen molar-refractivity contribution in [2.24, 2.45) is 23.2 Å². The molecule has 0 aliphatic rings. The van der Waals surface area contributed by atoms with E-state index in [1.54, 1.807) is 0 Å². The molecule has 0 aromatic heterocycles. The van der Waals surface area contributed by atoms with Crippen molar-refractivity contribution in [3.05, 3.63) is 0 Å². The van der Waals surface area contributed by atoms with Gasteiger partial charge in [-0.05, 0) is 37.0 Å². The van der Waals surface area contributed by atoms with Crippen molar-refractivity contribution in [2.45, 2.75) is 152 Å². The molecular weight excluding hydrogens is 408 g/mol. The fourth-order valence-corrected chi connectivity index (χ4v) is 4.52. The molecule has 0 aromatic rings. The quantitative estimate of drug-likeness (QED) is 0.110. The average Bonchev–Trinajstić information content (AvgIpc) is 2.77. The van der Waals surface area contributed by atoms with Crippen LogP contribution in [-0.2, 0) is 14.2 Å². The molecule has 33 heavy (non-hydrogen) atoms. The molecule has 0 bridgehead atoms. The predicted molar refractivity (Wildman–Crippen MR) is 145 cm³/mol. The first-order chi connectivity index (χ1) is 15.7. The zero-order chi connectivity index (χ0) is 25.2. The first-order valence-corrected chi connectivity index (χ1v) is 14.6. The van der Waals surface area contributed by atoms with Crippen LogP contribution in [0.15, 0.2) is 0 Å². The number of ether oxygens (including phenoxy) is 3. The molecule has 3 nitrogen and oxygen atoms in total. The van der Waals surface area contributed by atoms with Crippen LogP contribution in [0.4, 0.5) is 0 Å². The summed E-state index contributed by atoms with van der Waals surface area (Å²) in [5.41, 5.74) is -0.0948. The van der Waals surface area contributed by atoms with E-state index >= 15 is 0 Å². The highest BCUT2D eigenvalue weighted by atomic mass is 16.9. The van der Waals surface area contributed by atoms with E-state index in [1.807, 2.05) is 0 Å². The lowest BCUT2D eigenvalue weighted by Crippen LogP contribution is -2.56. The zero-order valence-corrected chi connectivity index (χ0v) is 24.3. The lowest BCUT2D eigenvalue weighted by atomic mass is 9.71. The van der Waals surface area contributed by atoms with Crippen molar-refractivity contribution in [1.29, 1.82) is 0 Å². The molecule has 0 spiro atoms. The molecule has 0 aliphatic heterocycles. The number of hydrogen-bond acceptors (Lipinski definition) is 3. The minimum Gasteiger partial charge on any atom is -0.327 e.